The van der Waals surface area contributed by atoms with E-state index in [9.17, 15) is 18.8 Å². The largest absolute Gasteiger partial charge is 0.468 e. The van der Waals surface area contributed by atoms with E-state index in [2.05, 4.69) is 15.9 Å². The molecule has 0 radical (unpaired) electrons. The number of carbonyl (C=O) groups excluding carboxylic acids is 3. The molecule has 144 valence electrons. The summed E-state index contributed by atoms with van der Waals surface area (Å²) in [6.45, 7) is 1.75. The van der Waals surface area contributed by atoms with Crippen molar-refractivity contribution in [2.24, 2.45) is 10.8 Å². The van der Waals surface area contributed by atoms with E-state index in [4.69, 9.17) is 9.47 Å². The van der Waals surface area contributed by atoms with Crippen molar-refractivity contribution in [1.82, 2.24) is 0 Å². The average Bonchev–Trinajstić information content (AvgIpc) is 3.35. The number of hydrogen-bond donors (Lipinski definition) is 0. The quantitative estimate of drug-likeness (QED) is 0.306. The van der Waals surface area contributed by atoms with Crippen LogP contribution in [0.15, 0.2) is 46.9 Å². The molecule has 1 heterocycles. The zero-order valence-electron chi connectivity index (χ0n) is 15.1. The predicted octanol–water partition coefficient (Wildman–Crippen LogP) is 4.04. The highest BCUT2D eigenvalue weighted by Crippen LogP contribution is 2.80. The summed E-state index contributed by atoms with van der Waals surface area (Å²) in [7, 11) is 1.18. The van der Waals surface area contributed by atoms with Crippen LogP contribution in [0.25, 0.3) is 0 Å². The van der Waals surface area contributed by atoms with Crippen LogP contribution in [0.5, 0.6) is 5.75 Å². The summed E-state index contributed by atoms with van der Waals surface area (Å²) < 4.78 is 24.5. The fourth-order valence-corrected chi connectivity index (χ4v) is 5.09. The van der Waals surface area contributed by atoms with Crippen molar-refractivity contribution in [2.75, 3.05) is 7.11 Å². The van der Waals surface area contributed by atoms with E-state index in [1.165, 1.54) is 31.4 Å². The number of ketones is 1. The number of esters is 2. The maximum absolute atomic E-state index is 13.6. The van der Waals surface area contributed by atoms with Crippen molar-refractivity contribution < 1.29 is 28.2 Å². The minimum atomic E-state index is -1.75. The van der Waals surface area contributed by atoms with Crippen LogP contribution in [0, 0.1) is 16.6 Å². The highest BCUT2D eigenvalue weighted by Gasteiger charge is 2.90. The summed E-state index contributed by atoms with van der Waals surface area (Å²) in [4.78, 5) is 39.4. The second-order valence-corrected chi connectivity index (χ2v) is 7.88. The highest BCUT2D eigenvalue weighted by molar-refractivity contribution is 9.10. The van der Waals surface area contributed by atoms with E-state index in [-0.39, 0.29) is 12.0 Å². The maximum Gasteiger partial charge on any atom is 0.330 e. The van der Waals surface area contributed by atoms with Crippen molar-refractivity contribution in [3.8, 4) is 5.75 Å². The zero-order valence-corrected chi connectivity index (χ0v) is 16.7. The fraction of sp³-hybridized carbons (Fsp3) is 0.286. The van der Waals surface area contributed by atoms with Crippen molar-refractivity contribution >= 4 is 33.7 Å². The van der Waals surface area contributed by atoms with E-state index in [1.54, 1.807) is 25.1 Å². The molecule has 0 N–H and O–H groups in total. The number of carbonyl (C=O) groups is 3. The molecule has 28 heavy (non-hydrogen) atoms. The van der Waals surface area contributed by atoms with Crippen molar-refractivity contribution in [3.05, 3.63) is 63.9 Å². The van der Waals surface area contributed by atoms with Crippen molar-refractivity contribution in [2.45, 2.75) is 19.3 Å². The lowest BCUT2D eigenvalue weighted by molar-refractivity contribution is -0.160. The summed E-state index contributed by atoms with van der Waals surface area (Å²) in [5, 5.41) is 0. The molecular weight excluding hydrogens is 431 g/mol. The lowest BCUT2D eigenvalue weighted by Crippen LogP contribution is -2.40. The van der Waals surface area contributed by atoms with Crippen molar-refractivity contribution in [3.63, 3.8) is 0 Å². The van der Waals surface area contributed by atoms with Gasteiger partial charge in [-0.25, -0.2) is 4.39 Å². The number of halogens is 2. The van der Waals surface area contributed by atoms with Crippen LogP contribution < -0.4 is 4.74 Å². The van der Waals surface area contributed by atoms with Crippen LogP contribution in [0.3, 0.4) is 0 Å². The molecule has 0 aromatic heterocycles. The lowest BCUT2D eigenvalue weighted by Gasteiger charge is -2.22. The number of benzene rings is 2. The Bertz CT molecular complexity index is 1020. The first-order valence-corrected chi connectivity index (χ1v) is 9.54. The maximum atomic E-state index is 13.6. The summed E-state index contributed by atoms with van der Waals surface area (Å²) in [5.41, 5.74) is -2.29. The summed E-state index contributed by atoms with van der Waals surface area (Å²) in [6.07, 6.45) is 0.212. The van der Waals surface area contributed by atoms with E-state index in [0.29, 0.717) is 11.3 Å². The van der Waals surface area contributed by atoms with Gasteiger partial charge in [-0.15, -0.1) is 0 Å². The molecule has 2 aromatic carbocycles. The van der Waals surface area contributed by atoms with Crippen LogP contribution >= 0.6 is 15.9 Å². The average molecular weight is 447 g/mol. The Morgan fingerprint density at radius 1 is 1.21 bits per heavy atom. The molecule has 2 aromatic rings. The van der Waals surface area contributed by atoms with Gasteiger partial charge in [-0.05, 0) is 48.9 Å². The van der Waals surface area contributed by atoms with Gasteiger partial charge in [0.05, 0.1) is 12.5 Å². The Hall–Kier alpha value is -2.54. The number of fused-ring (bicyclic) bond motifs is 3. The zero-order chi connectivity index (χ0) is 20.3. The van der Waals surface area contributed by atoms with Gasteiger partial charge in [0, 0.05) is 21.5 Å². The van der Waals surface area contributed by atoms with Gasteiger partial charge in [-0.2, -0.15) is 0 Å². The Morgan fingerprint density at radius 3 is 2.50 bits per heavy atom. The minimum Gasteiger partial charge on any atom is -0.468 e. The molecule has 0 unspecified atom stereocenters. The van der Waals surface area contributed by atoms with E-state index < -0.39 is 40.3 Å². The molecule has 5 nitrogen and oxygen atoms in total. The molecule has 1 aliphatic heterocycles. The second-order valence-electron chi connectivity index (χ2n) is 6.97. The molecular formula is C21H16BrFO5. The summed E-state index contributed by atoms with van der Waals surface area (Å²) in [6, 6.07) is 10.2. The Balaban J connectivity index is 1.95. The molecule has 0 bridgehead atoms. The number of ether oxygens (including phenoxy) is 2. The van der Waals surface area contributed by atoms with E-state index in [0.717, 1.165) is 4.47 Å². The molecule has 0 saturated heterocycles. The van der Waals surface area contributed by atoms with Crippen LogP contribution in [-0.4, -0.2) is 24.8 Å². The van der Waals surface area contributed by atoms with Gasteiger partial charge in [-0.1, -0.05) is 22.9 Å². The molecule has 1 fully saturated rings. The Kier molecular flexibility index (Phi) is 4.19. The predicted molar refractivity (Wildman–Crippen MR) is 100 cm³/mol. The molecule has 4 rings (SSSR count). The number of hydrogen-bond acceptors (Lipinski definition) is 5. The molecule has 2 aliphatic rings. The van der Waals surface area contributed by atoms with E-state index in [1.807, 2.05) is 0 Å². The Morgan fingerprint density at radius 2 is 1.89 bits per heavy atom. The molecule has 1 aliphatic carbocycles. The highest BCUT2D eigenvalue weighted by atomic mass is 79.9. The van der Waals surface area contributed by atoms with Gasteiger partial charge in [-0.3, -0.25) is 14.4 Å². The summed E-state index contributed by atoms with van der Waals surface area (Å²) in [5.74, 6) is -2.88. The third kappa shape index (κ3) is 2.13. The monoisotopic (exact) mass is 446 g/mol. The Labute approximate surface area is 169 Å². The number of Topliss-reactive ketones (excluding diaryl/α,β-unsaturated/α-hetero) is 1. The topological polar surface area (TPSA) is 69.7 Å². The van der Waals surface area contributed by atoms with Crippen LogP contribution in [0.1, 0.15) is 35.2 Å². The molecule has 0 spiro atoms. The third-order valence-corrected chi connectivity index (χ3v) is 6.42. The van der Waals surface area contributed by atoms with Gasteiger partial charge >= 0.3 is 11.9 Å². The molecule has 7 heteroatoms. The smallest absolute Gasteiger partial charge is 0.330 e. The fourth-order valence-electron chi connectivity index (χ4n) is 4.71. The van der Waals surface area contributed by atoms with Crippen LogP contribution in [-0.2, 0) is 14.3 Å². The standard InChI is InChI=1S/C21H16BrFO5/c1-3-20(17(24)11-4-7-13(23)8-5-11)16-14-10-12(22)6-9-15(14)28-19(26)21(16,20)18(25)27-2/h4-10,16H,3H2,1-2H3/t16-,20+,21-/m0/s1. The number of methoxy groups -OCH3 is 1. The van der Waals surface area contributed by atoms with Gasteiger partial charge in [0.15, 0.2) is 11.2 Å². The van der Waals surface area contributed by atoms with Gasteiger partial charge < -0.3 is 9.47 Å². The van der Waals surface area contributed by atoms with Gasteiger partial charge in [0.1, 0.15) is 11.6 Å². The first kappa shape index (κ1) is 18.8. The molecule has 1 saturated carbocycles. The van der Waals surface area contributed by atoms with Gasteiger partial charge in [0.25, 0.3) is 0 Å². The number of rotatable bonds is 4. The third-order valence-electron chi connectivity index (χ3n) is 5.93. The van der Waals surface area contributed by atoms with Crippen LogP contribution in [0.2, 0.25) is 0 Å². The normalized spacial score (nSPS) is 27.3. The van der Waals surface area contributed by atoms with E-state index >= 15 is 0 Å². The lowest BCUT2D eigenvalue weighted by atomic mass is 9.83. The van der Waals surface area contributed by atoms with Crippen LogP contribution in [0.4, 0.5) is 4.39 Å². The SMILES string of the molecule is CC[C@]1(C(=O)c2ccc(F)cc2)[C@@H]2c3cc(Br)ccc3OC(=O)[C@@]21C(=O)OC. The summed E-state index contributed by atoms with van der Waals surface area (Å²) >= 11 is 3.39. The van der Waals surface area contributed by atoms with Gasteiger partial charge in [0.2, 0.25) is 0 Å². The first-order chi connectivity index (χ1) is 13.3. The first-order valence-electron chi connectivity index (χ1n) is 8.75. The molecule has 3 atom stereocenters. The van der Waals surface area contributed by atoms with Crippen molar-refractivity contribution in [1.29, 1.82) is 0 Å². The second kappa shape index (κ2) is 6.24. The minimum absolute atomic E-state index is 0.212. The molecule has 0 amide bonds.